The van der Waals surface area contributed by atoms with Gasteiger partial charge in [0.05, 0.1) is 12.1 Å². The Hall–Kier alpha value is -1.59. The predicted octanol–water partition coefficient (Wildman–Crippen LogP) is 2.20. The number of benzene rings is 1. The molecule has 0 radical (unpaired) electrons. The molecule has 0 aromatic heterocycles. The largest absolute Gasteiger partial charge is 0.481 e. The normalized spacial score (nSPS) is 19.5. The predicted molar refractivity (Wildman–Crippen MR) is 80.0 cm³/mol. The molecule has 1 fully saturated rings. The van der Waals surface area contributed by atoms with Gasteiger partial charge in [-0.15, -0.1) is 0 Å². The van der Waals surface area contributed by atoms with Crippen molar-refractivity contribution < 1.29 is 14.7 Å². The molecule has 1 aromatic carbocycles. The van der Waals surface area contributed by atoms with Crippen molar-refractivity contribution in [3.8, 4) is 0 Å². The highest BCUT2D eigenvalue weighted by molar-refractivity contribution is 6.30. The van der Waals surface area contributed by atoms with Gasteiger partial charge >= 0.3 is 5.97 Å². The van der Waals surface area contributed by atoms with Gasteiger partial charge in [-0.2, -0.15) is 0 Å². The molecule has 1 heterocycles. The fourth-order valence-corrected chi connectivity index (χ4v) is 2.91. The topological polar surface area (TPSA) is 83.6 Å². The van der Waals surface area contributed by atoms with Crippen LogP contribution in [0.25, 0.3) is 0 Å². The molecule has 1 aliphatic heterocycles. The number of nitrogens with zero attached hydrogens (tertiary/aromatic N) is 1. The van der Waals surface area contributed by atoms with Crippen LogP contribution in [-0.4, -0.2) is 34.5 Å². The third kappa shape index (κ3) is 3.95. The van der Waals surface area contributed by atoms with Crippen molar-refractivity contribution in [3.05, 3.63) is 34.9 Å². The standard InChI is InChI=1S/C15H19ClN2O3/c16-11-4-1-3-10(9-11)13-5-2-8-18(13)15(21)12(17)6-7-14(19)20/h1,3-4,9,12-13H,2,5-8,17H2,(H,19,20). The monoisotopic (exact) mass is 310 g/mol. The van der Waals surface area contributed by atoms with Gasteiger partial charge in [0.2, 0.25) is 5.91 Å². The van der Waals surface area contributed by atoms with E-state index in [2.05, 4.69) is 0 Å². The molecule has 0 spiro atoms. The molecule has 0 bridgehead atoms. The van der Waals surface area contributed by atoms with E-state index < -0.39 is 12.0 Å². The maximum atomic E-state index is 12.4. The molecule has 1 saturated heterocycles. The lowest BCUT2D eigenvalue weighted by molar-refractivity contribution is -0.137. The third-order valence-electron chi connectivity index (χ3n) is 3.76. The second kappa shape index (κ2) is 6.91. The van der Waals surface area contributed by atoms with E-state index >= 15 is 0 Å². The van der Waals surface area contributed by atoms with E-state index in [4.69, 9.17) is 22.4 Å². The first-order chi connectivity index (χ1) is 9.99. The Morgan fingerprint density at radius 3 is 2.90 bits per heavy atom. The van der Waals surface area contributed by atoms with Crippen LogP contribution in [0, 0.1) is 0 Å². The molecule has 0 aliphatic carbocycles. The van der Waals surface area contributed by atoms with Crippen LogP contribution in [0.4, 0.5) is 0 Å². The van der Waals surface area contributed by atoms with E-state index in [0.29, 0.717) is 11.6 Å². The van der Waals surface area contributed by atoms with E-state index in [1.54, 1.807) is 11.0 Å². The summed E-state index contributed by atoms with van der Waals surface area (Å²) in [6.07, 6.45) is 1.85. The lowest BCUT2D eigenvalue weighted by atomic mass is 10.0. The number of rotatable bonds is 5. The minimum Gasteiger partial charge on any atom is -0.481 e. The van der Waals surface area contributed by atoms with E-state index in [1.807, 2.05) is 18.2 Å². The van der Waals surface area contributed by atoms with Gasteiger partial charge in [-0.1, -0.05) is 23.7 Å². The zero-order valence-corrected chi connectivity index (χ0v) is 12.4. The zero-order valence-electron chi connectivity index (χ0n) is 11.7. The quantitative estimate of drug-likeness (QED) is 0.873. The van der Waals surface area contributed by atoms with Crippen molar-refractivity contribution in [2.24, 2.45) is 5.73 Å². The lowest BCUT2D eigenvalue weighted by Crippen LogP contribution is -2.43. The molecule has 2 atom stereocenters. The van der Waals surface area contributed by atoms with E-state index in [1.165, 1.54) is 0 Å². The average Bonchev–Trinajstić information content (AvgIpc) is 2.93. The number of amides is 1. The second-order valence-electron chi connectivity index (χ2n) is 5.28. The molecule has 5 nitrogen and oxygen atoms in total. The highest BCUT2D eigenvalue weighted by Crippen LogP contribution is 2.33. The van der Waals surface area contributed by atoms with Crippen molar-refractivity contribution in [1.29, 1.82) is 0 Å². The Bertz CT molecular complexity index is 535. The number of hydrogen-bond acceptors (Lipinski definition) is 3. The number of aliphatic carboxylic acids is 1. The molecule has 6 heteroatoms. The van der Waals surface area contributed by atoms with Gasteiger partial charge in [0.15, 0.2) is 0 Å². The second-order valence-corrected chi connectivity index (χ2v) is 5.72. The fourth-order valence-electron chi connectivity index (χ4n) is 2.71. The average molecular weight is 311 g/mol. The maximum Gasteiger partial charge on any atom is 0.303 e. The molecule has 3 N–H and O–H groups in total. The summed E-state index contributed by atoms with van der Waals surface area (Å²) in [4.78, 5) is 24.7. The van der Waals surface area contributed by atoms with Crippen molar-refractivity contribution in [1.82, 2.24) is 4.90 Å². The number of likely N-dealkylation sites (tertiary alicyclic amines) is 1. The molecule has 1 aromatic rings. The molecule has 1 amide bonds. The minimum atomic E-state index is -0.939. The Balaban J connectivity index is 2.07. The van der Waals surface area contributed by atoms with Crippen LogP contribution in [0.1, 0.15) is 37.3 Å². The first kappa shape index (κ1) is 15.8. The summed E-state index contributed by atoms with van der Waals surface area (Å²) in [5.74, 6) is -1.12. The lowest BCUT2D eigenvalue weighted by Gasteiger charge is -2.27. The van der Waals surface area contributed by atoms with E-state index in [0.717, 1.165) is 18.4 Å². The van der Waals surface area contributed by atoms with Crippen molar-refractivity contribution in [2.75, 3.05) is 6.54 Å². The summed E-state index contributed by atoms with van der Waals surface area (Å²) in [5.41, 5.74) is 6.83. The van der Waals surface area contributed by atoms with Gasteiger partial charge in [-0.25, -0.2) is 0 Å². The number of halogens is 1. The summed E-state index contributed by atoms with van der Waals surface area (Å²) < 4.78 is 0. The zero-order chi connectivity index (χ0) is 15.4. The van der Waals surface area contributed by atoms with Crippen LogP contribution < -0.4 is 5.73 Å². The number of hydrogen-bond donors (Lipinski definition) is 2. The van der Waals surface area contributed by atoms with Crippen LogP contribution >= 0.6 is 11.6 Å². The Morgan fingerprint density at radius 2 is 2.24 bits per heavy atom. The molecular weight excluding hydrogens is 292 g/mol. The number of carbonyl (C=O) groups is 2. The van der Waals surface area contributed by atoms with Gasteiger partial charge in [-0.05, 0) is 37.0 Å². The van der Waals surface area contributed by atoms with Crippen molar-refractivity contribution in [2.45, 2.75) is 37.8 Å². The Kier molecular flexibility index (Phi) is 5.20. The van der Waals surface area contributed by atoms with Gasteiger partial charge in [0.25, 0.3) is 0 Å². The molecule has 114 valence electrons. The smallest absolute Gasteiger partial charge is 0.303 e. The highest BCUT2D eigenvalue weighted by Gasteiger charge is 2.32. The van der Waals surface area contributed by atoms with Crippen LogP contribution in [0.3, 0.4) is 0 Å². The minimum absolute atomic E-state index is 0.0212. The van der Waals surface area contributed by atoms with E-state index in [9.17, 15) is 9.59 Å². The first-order valence-corrected chi connectivity index (χ1v) is 7.40. The SMILES string of the molecule is NC(CCC(=O)O)C(=O)N1CCCC1c1cccc(Cl)c1. The third-order valence-corrected chi connectivity index (χ3v) is 3.99. The number of carbonyl (C=O) groups excluding carboxylic acids is 1. The first-order valence-electron chi connectivity index (χ1n) is 7.02. The van der Waals surface area contributed by atoms with Crippen LogP contribution in [0.5, 0.6) is 0 Å². The van der Waals surface area contributed by atoms with Gasteiger partial charge < -0.3 is 15.7 Å². The molecule has 2 rings (SSSR count). The highest BCUT2D eigenvalue weighted by atomic mass is 35.5. The number of carboxylic acid groups (broad SMARTS) is 1. The van der Waals surface area contributed by atoms with Crippen molar-refractivity contribution >= 4 is 23.5 Å². The summed E-state index contributed by atoms with van der Waals surface area (Å²) in [5, 5.41) is 9.32. The number of nitrogens with two attached hydrogens (primary N) is 1. The van der Waals surface area contributed by atoms with Crippen LogP contribution in [0.2, 0.25) is 5.02 Å². The number of carboxylic acids is 1. The molecule has 2 unspecified atom stereocenters. The summed E-state index contributed by atoms with van der Waals surface area (Å²) in [7, 11) is 0. The maximum absolute atomic E-state index is 12.4. The Labute approximate surface area is 128 Å². The van der Waals surface area contributed by atoms with Gasteiger partial charge in [0.1, 0.15) is 0 Å². The summed E-state index contributed by atoms with van der Waals surface area (Å²) >= 11 is 6.00. The van der Waals surface area contributed by atoms with Crippen LogP contribution in [-0.2, 0) is 9.59 Å². The summed E-state index contributed by atoms with van der Waals surface area (Å²) in [6, 6.07) is 6.69. The van der Waals surface area contributed by atoms with Gasteiger partial charge in [0, 0.05) is 18.0 Å². The molecule has 21 heavy (non-hydrogen) atoms. The summed E-state index contributed by atoms with van der Waals surface area (Å²) in [6.45, 7) is 0.650. The Morgan fingerprint density at radius 1 is 1.48 bits per heavy atom. The van der Waals surface area contributed by atoms with E-state index in [-0.39, 0.29) is 24.8 Å². The van der Waals surface area contributed by atoms with Gasteiger partial charge in [-0.3, -0.25) is 9.59 Å². The van der Waals surface area contributed by atoms with Crippen LogP contribution in [0.15, 0.2) is 24.3 Å². The fraction of sp³-hybridized carbons (Fsp3) is 0.467. The molecule has 0 saturated carbocycles. The molecule has 1 aliphatic rings. The van der Waals surface area contributed by atoms with Crippen molar-refractivity contribution in [3.63, 3.8) is 0 Å². The molecular formula is C15H19ClN2O3.